The molecule has 0 heterocycles. The van der Waals surface area contributed by atoms with Crippen LogP contribution in [0.15, 0.2) is 18.2 Å². The van der Waals surface area contributed by atoms with Gasteiger partial charge in [0.05, 0.1) is 0 Å². The molecule has 0 amide bonds. The summed E-state index contributed by atoms with van der Waals surface area (Å²) in [5.74, 6) is -0.650. The van der Waals surface area contributed by atoms with Gasteiger partial charge in [-0.05, 0) is 37.4 Å². The van der Waals surface area contributed by atoms with E-state index in [1.54, 1.807) is 7.11 Å². The number of halogens is 2. The maximum absolute atomic E-state index is 13.7. The zero-order valence-corrected chi connectivity index (χ0v) is 11.9. The minimum atomic E-state index is -0.471. The van der Waals surface area contributed by atoms with Crippen molar-refractivity contribution in [2.75, 3.05) is 20.3 Å². The average Bonchev–Trinajstić information content (AvgIpc) is 2.39. The van der Waals surface area contributed by atoms with Gasteiger partial charge in [-0.2, -0.15) is 0 Å². The van der Waals surface area contributed by atoms with E-state index in [-0.39, 0.29) is 11.6 Å². The highest BCUT2D eigenvalue weighted by molar-refractivity contribution is 5.20. The van der Waals surface area contributed by atoms with Crippen LogP contribution in [-0.4, -0.2) is 26.3 Å². The second-order valence-corrected chi connectivity index (χ2v) is 4.83. The lowest BCUT2D eigenvalue weighted by Crippen LogP contribution is -2.37. The van der Waals surface area contributed by atoms with Gasteiger partial charge in [0.1, 0.15) is 11.6 Å². The first-order chi connectivity index (χ1) is 9.10. The van der Waals surface area contributed by atoms with Gasteiger partial charge in [-0.25, -0.2) is 8.78 Å². The SMILES string of the molecule is CCNC(Cc1c(F)cccc1F)C(C)CCOC. The van der Waals surface area contributed by atoms with Crippen LogP contribution in [0.4, 0.5) is 8.78 Å². The minimum absolute atomic E-state index is 0.0477. The van der Waals surface area contributed by atoms with E-state index in [1.807, 2.05) is 6.92 Å². The Hall–Kier alpha value is -1.00. The van der Waals surface area contributed by atoms with Crippen LogP contribution in [0.25, 0.3) is 0 Å². The first-order valence-corrected chi connectivity index (χ1v) is 6.75. The standard InChI is InChI=1S/C15H23F2NO/c1-4-18-15(11(2)8-9-19-3)10-12-13(16)6-5-7-14(12)17/h5-7,11,15,18H,4,8-10H2,1-3H3. The molecule has 1 aromatic carbocycles. The molecule has 0 aliphatic carbocycles. The zero-order valence-electron chi connectivity index (χ0n) is 11.9. The molecule has 0 saturated heterocycles. The Morgan fingerprint density at radius 2 is 1.89 bits per heavy atom. The van der Waals surface area contributed by atoms with E-state index in [0.717, 1.165) is 13.0 Å². The Bertz CT molecular complexity index is 364. The lowest BCUT2D eigenvalue weighted by Gasteiger charge is -2.25. The quantitative estimate of drug-likeness (QED) is 0.784. The molecule has 0 aliphatic heterocycles. The second-order valence-electron chi connectivity index (χ2n) is 4.83. The van der Waals surface area contributed by atoms with Crippen molar-refractivity contribution in [3.8, 4) is 0 Å². The van der Waals surface area contributed by atoms with Gasteiger partial charge in [0.15, 0.2) is 0 Å². The number of methoxy groups -OCH3 is 1. The molecular weight excluding hydrogens is 248 g/mol. The van der Waals surface area contributed by atoms with Crippen molar-refractivity contribution in [1.29, 1.82) is 0 Å². The molecule has 1 rings (SSSR count). The van der Waals surface area contributed by atoms with Crippen molar-refractivity contribution >= 4 is 0 Å². The van der Waals surface area contributed by atoms with Gasteiger partial charge in [-0.1, -0.05) is 19.9 Å². The summed E-state index contributed by atoms with van der Waals surface area (Å²) in [5.41, 5.74) is 0.165. The number of nitrogens with one attached hydrogen (secondary N) is 1. The molecule has 108 valence electrons. The summed E-state index contributed by atoms with van der Waals surface area (Å²) in [6.07, 6.45) is 1.22. The Morgan fingerprint density at radius 1 is 1.26 bits per heavy atom. The Morgan fingerprint density at radius 3 is 2.42 bits per heavy atom. The van der Waals surface area contributed by atoms with Crippen molar-refractivity contribution in [1.82, 2.24) is 5.32 Å². The van der Waals surface area contributed by atoms with Gasteiger partial charge in [-0.15, -0.1) is 0 Å². The summed E-state index contributed by atoms with van der Waals surface area (Å²) < 4.78 is 32.4. The normalized spacial score (nSPS) is 14.4. The summed E-state index contributed by atoms with van der Waals surface area (Å²) in [4.78, 5) is 0. The summed E-state index contributed by atoms with van der Waals surface area (Å²) in [7, 11) is 1.66. The van der Waals surface area contributed by atoms with Crippen LogP contribution in [-0.2, 0) is 11.2 Å². The lowest BCUT2D eigenvalue weighted by molar-refractivity contribution is 0.170. The van der Waals surface area contributed by atoms with Gasteiger partial charge < -0.3 is 10.1 Å². The Labute approximate surface area is 114 Å². The largest absolute Gasteiger partial charge is 0.385 e. The molecule has 0 spiro atoms. The fraction of sp³-hybridized carbons (Fsp3) is 0.600. The second kappa shape index (κ2) is 8.23. The first-order valence-electron chi connectivity index (χ1n) is 6.75. The molecule has 0 saturated carbocycles. The summed E-state index contributed by atoms with van der Waals surface area (Å²) in [6.45, 7) is 5.50. The van der Waals surface area contributed by atoms with Crippen molar-refractivity contribution in [2.24, 2.45) is 5.92 Å². The predicted octanol–water partition coefficient (Wildman–Crippen LogP) is 3.16. The van der Waals surface area contributed by atoms with Gasteiger partial charge in [0.25, 0.3) is 0 Å². The van der Waals surface area contributed by atoms with Crippen molar-refractivity contribution in [2.45, 2.75) is 32.7 Å². The number of rotatable bonds is 8. The van der Waals surface area contributed by atoms with Gasteiger partial charge >= 0.3 is 0 Å². The van der Waals surface area contributed by atoms with E-state index >= 15 is 0 Å². The van der Waals surface area contributed by atoms with E-state index in [1.165, 1.54) is 18.2 Å². The van der Waals surface area contributed by atoms with Crippen LogP contribution in [0, 0.1) is 17.6 Å². The highest BCUT2D eigenvalue weighted by Gasteiger charge is 2.20. The molecule has 0 fully saturated rings. The smallest absolute Gasteiger partial charge is 0.129 e. The molecule has 2 nitrogen and oxygen atoms in total. The summed E-state index contributed by atoms with van der Waals surface area (Å²) in [6, 6.07) is 4.05. The summed E-state index contributed by atoms with van der Waals surface area (Å²) >= 11 is 0. The van der Waals surface area contributed by atoms with Crippen molar-refractivity contribution < 1.29 is 13.5 Å². The minimum Gasteiger partial charge on any atom is -0.385 e. The Kier molecular flexibility index (Phi) is 6.95. The molecule has 0 aliphatic rings. The van der Waals surface area contributed by atoms with Crippen LogP contribution < -0.4 is 5.32 Å². The van der Waals surface area contributed by atoms with Crippen molar-refractivity contribution in [3.05, 3.63) is 35.4 Å². The lowest BCUT2D eigenvalue weighted by atomic mass is 9.92. The highest BCUT2D eigenvalue weighted by Crippen LogP contribution is 2.19. The number of hydrogen-bond donors (Lipinski definition) is 1. The zero-order chi connectivity index (χ0) is 14.3. The third-order valence-corrected chi connectivity index (χ3v) is 3.42. The average molecular weight is 271 g/mol. The first kappa shape index (κ1) is 16.1. The third-order valence-electron chi connectivity index (χ3n) is 3.42. The van der Waals surface area contributed by atoms with Crippen LogP contribution in [0.1, 0.15) is 25.8 Å². The predicted molar refractivity (Wildman–Crippen MR) is 73.2 cm³/mol. The van der Waals surface area contributed by atoms with Crippen LogP contribution in [0.2, 0.25) is 0 Å². The topological polar surface area (TPSA) is 21.3 Å². The Balaban J connectivity index is 2.77. The van der Waals surface area contributed by atoms with Crippen molar-refractivity contribution in [3.63, 3.8) is 0 Å². The van der Waals surface area contributed by atoms with Crippen LogP contribution in [0.3, 0.4) is 0 Å². The number of likely N-dealkylation sites (N-methyl/N-ethyl adjacent to an activating group) is 1. The summed E-state index contributed by atoms with van der Waals surface area (Å²) in [5, 5.41) is 3.31. The maximum Gasteiger partial charge on any atom is 0.129 e. The highest BCUT2D eigenvalue weighted by atomic mass is 19.1. The molecule has 0 bridgehead atoms. The van der Waals surface area contributed by atoms with E-state index in [0.29, 0.717) is 18.9 Å². The van der Waals surface area contributed by atoms with Crippen LogP contribution in [0.5, 0.6) is 0 Å². The molecule has 1 aromatic rings. The van der Waals surface area contributed by atoms with E-state index in [4.69, 9.17) is 4.74 Å². The molecule has 4 heteroatoms. The molecular formula is C15H23F2NO. The number of ether oxygens (including phenoxy) is 1. The number of hydrogen-bond acceptors (Lipinski definition) is 2. The third kappa shape index (κ3) is 4.88. The number of benzene rings is 1. The molecule has 0 aromatic heterocycles. The molecule has 1 N–H and O–H groups in total. The van der Waals surface area contributed by atoms with Gasteiger partial charge in [0, 0.05) is 25.3 Å². The molecule has 2 atom stereocenters. The monoisotopic (exact) mass is 271 g/mol. The van der Waals surface area contributed by atoms with Gasteiger partial charge in [0.2, 0.25) is 0 Å². The fourth-order valence-corrected chi connectivity index (χ4v) is 2.19. The fourth-order valence-electron chi connectivity index (χ4n) is 2.19. The van der Waals surface area contributed by atoms with Crippen LogP contribution >= 0.6 is 0 Å². The molecule has 2 unspecified atom stereocenters. The molecule has 19 heavy (non-hydrogen) atoms. The van der Waals surface area contributed by atoms with E-state index < -0.39 is 11.6 Å². The van der Waals surface area contributed by atoms with E-state index in [2.05, 4.69) is 12.2 Å². The maximum atomic E-state index is 13.7. The van der Waals surface area contributed by atoms with E-state index in [9.17, 15) is 8.78 Å². The molecule has 0 radical (unpaired) electrons. The van der Waals surface area contributed by atoms with Gasteiger partial charge in [-0.3, -0.25) is 0 Å².